The number of aryl methyl sites for hydroxylation is 1. The van der Waals surface area contributed by atoms with Gasteiger partial charge >= 0.3 is 0 Å². The van der Waals surface area contributed by atoms with Crippen LogP contribution in [0.5, 0.6) is 0 Å². The van der Waals surface area contributed by atoms with Crippen LogP contribution in [0.15, 0.2) is 35.3 Å². The maximum absolute atomic E-state index is 13.3. The second-order valence-corrected chi connectivity index (χ2v) is 5.62. The van der Waals surface area contributed by atoms with E-state index in [-0.39, 0.29) is 11.4 Å². The number of rotatable bonds is 4. The van der Waals surface area contributed by atoms with Crippen molar-refractivity contribution in [1.29, 1.82) is 0 Å². The molecule has 0 fully saturated rings. The van der Waals surface area contributed by atoms with Gasteiger partial charge in [-0.2, -0.15) is 4.37 Å². The van der Waals surface area contributed by atoms with E-state index in [2.05, 4.69) is 9.36 Å². The molecular weight excluding hydrogens is 289 g/mol. The molecule has 0 spiro atoms. The lowest BCUT2D eigenvalue weighted by Crippen LogP contribution is -2.25. The summed E-state index contributed by atoms with van der Waals surface area (Å²) < 4.78 is 19.0. The highest BCUT2D eigenvalue weighted by Crippen LogP contribution is 2.14. The SMILES string of the molecule is CCCc1nc2sncc2c(=O)n1Cc1cccc(F)c1. The smallest absolute Gasteiger partial charge is 0.264 e. The van der Waals surface area contributed by atoms with Crippen molar-refractivity contribution in [3.8, 4) is 0 Å². The van der Waals surface area contributed by atoms with Crippen molar-refractivity contribution in [2.24, 2.45) is 0 Å². The van der Waals surface area contributed by atoms with Crippen LogP contribution in [0, 0.1) is 5.82 Å². The zero-order valence-corrected chi connectivity index (χ0v) is 12.4. The Bertz CT molecular complexity index is 840. The summed E-state index contributed by atoms with van der Waals surface area (Å²) in [4.78, 5) is 17.8. The third-order valence-corrected chi connectivity index (χ3v) is 3.97. The topological polar surface area (TPSA) is 47.8 Å². The van der Waals surface area contributed by atoms with Crippen LogP contribution in [-0.4, -0.2) is 13.9 Å². The van der Waals surface area contributed by atoms with Crippen LogP contribution in [0.3, 0.4) is 0 Å². The molecule has 3 rings (SSSR count). The summed E-state index contributed by atoms with van der Waals surface area (Å²) in [5, 5.41) is 0.524. The molecule has 6 heteroatoms. The highest BCUT2D eigenvalue weighted by molar-refractivity contribution is 7.12. The molecule has 21 heavy (non-hydrogen) atoms. The van der Waals surface area contributed by atoms with E-state index in [0.717, 1.165) is 17.8 Å². The monoisotopic (exact) mass is 303 g/mol. The summed E-state index contributed by atoms with van der Waals surface area (Å²) in [5.41, 5.74) is 0.639. The molecule has 0 unspecified atom stereocenters. The molecule has 4 nitrogen and oxygen atoms in total. The number of fused-ring (bicyclic) bond motifs is 1. The lowest BCUT2D eigenvalue weighted by atomic mass is 10.2. The van der Waals surface area contributed by atoms with Crippen LogP contribution in [0.4, 0.5) is 4.39 Å². The Labute approximate surface area is 125 Å². The summed E-state index contributed by atoms with van der Waals surface area (Å²) in [6.07, 6.45) is 3.14. The first-order chi connectivity index (χ1) is 10.2. The summed E-state index contributed by atoms with van der Waals surface area (Å²) in [6, 6.07) is 6.29. The van der Waals surface area contributed by atoms with Gasteiger partial charge in [0.05, 0.1) is 18.1 Å². The molecular formula is C15H14FN3OS. The van der Waals surface area contributed by atoms with Gasteiger partial charge in [-0.25, -0.2) is 9.37 Å². The molecule has 0 atom stereocenters. The summed E-state index contributed by atoms with van der Waals surface area (Å²) >= 11 is 1.22. The zero-order chi connectivity index (χ0) is 14.8. The first kappa shape index (κ1) is 13.9. The summed E-state index contributed by atoms with van der Waals surface area (Å²) in [7, 11) is 0. The Morgan fingerprint density at radius 2 is 2.24 bits per heavy atom. The Morgan fingerprint density at radius 1 is 1.38 bits per heavy atom. The number of hydrogen-bond donors (Lipinski definition) is 0. The van der Waals surface area contributed by atoms with Crippen LogP contribution < -0.4 is 5.56 Å². The van der Waals surface area contributed by atoms with Crippen LogP contribution in [0.1, 0.15) is 24.7 Å². The first-order valence-electron chi connectivity index (χ1n) is 6.77. The molecule has 2 heterocycles. The van der Waals surface area contributed by atoms with Crippen LogP contribution in [0.2, 0.25) is 0 Å². The highest BCUT2D eigenvalue weighted by atomic mass is 32.1. The van der Waals surface area contributed by atoms with Crippen LogP contribution in [-0.2, 0) is 13.0 Å². The van der Waals surface area contributed by atoms with E-state index in [4.69, 9.17) is 0 Å². The summed E-state index contributed by atoms with van der Waals surface area (Å²) in [6.45, 7) is 2.36. The van der Waals surface area contributed by atoms with Crippen molar-refractivity contribution in [2.45, 2.75) is 26.3 Å². The van der Waals surface area contributed by atoms with Crippen molar-refractivity contribution < 1.29 is 4.39 Å². The van der Waals surface area contributed by atoms with Crippen molar-refractivity contribution >= 4 is 21.7 Å². The van der Waals surface area contributed by atoms with E-state index in [1.165, 1.54) is 23.7 Å². The maximum atomic E-state index is 13.3. The number of hydrogen-bond acceptors (Lipinski definition) is 4. The summed E-state index contributed by atoms with van der Waals surface area (Å²) in [5.74, 6) is 0.423. The van der Waals surface area contributed by atoms with Gasteiger partial charge in [-0.3, -0.25) is 9.36 Å². The second-order valence-electron chi connectivity index (χ2n) is 4.84. The lowest BCUT2D eigenvalue weighted by molar-refractivity contribution is 0.618. The predicted octanol–water partition coefficient (Wildman–Crippen LogP) is 2.99. The molecule has 0 aliphatic heterocycles. The Morgan fingerprint density at radius 3 is 3.00 bits per heavy atom. The van der Waals surface area contributed by atoms with Gasteiger partial charge in [-0.05, 0) is 35.6 Å². The molecule has 0 aliphatic rings. The van der Waals surface area contributed by atoms with E-state index in [0.29, 0.717) is 23.2 Å². The van der Waals surface area contributed by atoms with E-state index in [1.807, 2.05) is 6.92 Å². The molecule has 108 valence electrons. The van der Waals surface area contributed by atoms with Gasteiger partial charge in [-0.1, -0.05) is 19.1 Å². The fourth-order valence-corrected chi connectivity index (χ4v) is 2.94. The maximum Gasteiger partial charge on any atom is 0.264 e. The third kappa shape index (κ3) is 2.71. The number of nitrogens with zero attached hydrogens (tertiary/aromatic N) is 3. The average molecular weight is 303 g/mol. The molecule has 0 saturated carbocycles. The van der Waals surface area contributed by atoms with Crippen molar-refractivity contribution in [2.75, 3.05) is 0 Å². The fraction of sp³-hybridized carbons (Fsp3) is 0.267. The van der Waals surface area contributed by atoms with Gasteiger partial charge in [0.2, 0.25) is 0 Å². The third-order valence-electron chi connectivity index (χ3n) is 3.27. The molecule has 0 aliphatic carbocycles. The van der Waals surface area contributed by atoms with E-state index in [1.54, 1.807) is 22.9 Å². The van der Waals surface area contributed by atoms with Gasteiger partial charge in [0, 0.05) is 6.42 Å². The van der Waals surface area contributed by atoms with Gasteiger partial charge in [0.1, 0.15) is 11.6 Å². The molecule has 2 aromatic heterocycles. The first-order valence-corrected chi connectivity index (χ1v) is 7.55. The quantitative estimate of drug-likeness (QED) is 0.744. The van der Waals surface area contributed by atoms with Crippen LogP contribution >= 0.6 is 11.5 Å². The van der Waals surface area contributed by atoms with Crippen molar-refractivity contribution in [3.05, 3.63) is 58.0 Å². The number of halogens is 1. The van der Waals surface area contributed by atoms with Crippen molar-refractivity contribution in [3.63, 3.8) is 0 Å². The Kier molecular flexibility index (Phi) is 3.79. The molecule has 3 aromatic rings. The standard InChI is InChI=1S/C15H14FN3OS/c1-2-4-13-18-14-12(8-17-21-14)15(20)19(13)9-10-5-3-6-11(16)7-10/h3,5-8H,2,4,9H2,1H3. The second kappa shape index (κ2) is 5.73. The van der Waals surface area contributed by atoms with E-state index in [9.17, 15) is 9.18 Å². The number of benzene rings is 1. The van der Waals surface area contributed by atoms with Crippen molar-refractivity contribution in [1.82, 2.24) is 13.9 Å². The lowest BCUT2D eigenvalue weighted by Gasteiger charge is -2.11. The average Bonchev–Trinajstić information content (AvgIpc) is 2.92. The minimum atomic E-state index is -0.302. The molecule has 0 bridgehead atoms. The molecule has 0 saturated heterocycles. The zero-order valence-electron chi connectivity index (χ0n) is 11.5. The van der Waals surface area contributed by atoms with E-state index < -0.39 is 0 Å². The molecule has 0 amide bonds. The minimum absolute atomic E-state index is 0.110. The Hall–Kier alpha value is -2.08. The number of aromatic nitrogens is 3. The largest absolute Gasteiger partial charge is 0.292 e. The van der Waals surface area contributed by atoms with E-state index >= 15 is 0 Å². The van der Waals surface area contributed by atoms with Gasteiger partial charge < -0.3 is 0 Å². The fourth-order valence-electron chi connectivity index (χ4n) is 2.30. The Balaban J connectivity index is 2.13. The molecule has 0 N–H and O–H groups in total. The normalized spacial score (nSPS) is 11.1. The predicted molar refractivity (Wildman–Crippen MR) is 81.2 cm³/mol. The van der Waals surface area contributed by atoms with Gasteiger partial charge in [-0.15, -0.1) is 0 Å². The molecule has 0 radical (unpaired) electrons. The highest BCUT2D eigenvalue weighted by Gasteiger charge is 2.12. The molecule has 1 aromatic carbocycles. The van der Waals surface area contributed by atoms with Crippen LogP contribution in [0.25, 0.3) is 10.2 Å². The minimum Gasteiger partial charge on any atom is -0.292 e. The van der Waals surface area contributed by atoms with Gasteiger partial charge in [0.25, 0.3) is 5.56 Å². The van der Waals surface area contributed by atoms with Gasteiger partial charge in [0.15, 0.2) is 4.83 Å².